The van der Waals surface area contributed by atoms with E-state index in [0.717, 1.165) is 19.3 Å². The van der Waals surface area contributed by atoms with Crippen molar-refractivity contribution in [3.63, 3.8) is 0 Å². The van der Waals surface area contributed by atoms with Crippen LogP contribution in [-0.4, -0.2) is 12.6 Å². The summed E-state index contributed by atoms with van der Waals surface area (Å²) in [5.74, 6) is -0.0472. The molecule has 1 rings (SSSR count). The fourth-order valence-corrected chi connectivity index (χ4v) is 1.62. The summed E-state index contributed by atoms with van der Waals surface area (Å²) in [6.45, 7) is 4.84. The molecule has 1 aliphatic heterocycles. The molecule has 1 atom stereocenters. The van der Waals surface area contributed by atoms with Crippen molar-refractivity contribution < 1.29 is 9.53 Å². The Balaban J connectivity index is 2.60. The minimum absolute atomic E-state index is 0.0472. The van der Waals surface area contributed by atoms with Crippen LogP contribution in [0.3, 0.4) is 0 Å². The molecule has 2 nitrogen and oxygen atoms in total. The second-order valence-electron chi connectivity index (χ2n) is 3.69. The van der Waals surface area contributed by atoms with Gasteiger partial charge in [0, 0.05) is 11.8 Å². The van der Waals surface area contributed by atoms with Crippen molar-refractivity contribution in [3.8, 4) is 0 Å². The van der Waals surface area contributed by atoms with Gasteiger partial charge < -0.3 is 4.74 Å². The van der Waals surface area contributed by atoms with E-state index >= 15 is 0 Å². The Morgan fingerprint density at radius 1 is 1.54 bits per heavy atom. The fourth-order valence-electron chi connectivity index (χ4n) is 1.62. The van der Waals surface area contributed by atoms with Crippen LogP contribution in [0.2, 0.25) is 0 Å². The van der Waals surface area contributed by atoms with E-state index in [1.165, 1.54) is 0 Å². The molecule has 0 aliphatic carbocycles. The van der Waals surface area contributed by atoms with Gasteiger partial charge in [-0.15, -0.1) is 0 Å². The number of cyclic esters (lactones) is 1. The maximum absolute atomic E-state index is 10.9. The maximum atomic E-state index is 10.9. The highest BCUT2D eigenvalue weighted by molar-refractivity contribution is 5.70. The largest absolute Gasteiger partial charge is 0.465 e. The number of ether oxygens (including phenoxy) is 1. The molecular formula is C11H18O2. The zero-order valence-corrected chi connectivity index (χ0v) is 8.51. The smallest absolute Gasteiger partial charge is 0.305 e. The summed E-state index contributed by atoms with van der Waals surface area (Å²) in [7, 11) is 0. The lowest BCUT2D eigenvalue weighted by Gasteiger charge is -2.32. The molecule has 0 saturated carbocycles. The molecule has 1 heterocycles. The van der Waals surface area contributed by atoms with Gasteiger partial charge in [0.1, 0.15) is 6.61 Å². The van der Waals surface area contributed by atoms with Gasteiger partial charge in [-0.05, 0) is 19.3 Å². The SMILES string of the molecule is CC/C=C/C1(CC)CCC(=O)OC1. The molecule has 0 aromatic heterocycles. The van der Waals surface area contributed by atoms with E-state index in [1.54, 1.807) is 0 Å². The Bertz CT molecular complexity index is 196. The van der Waals surface area contributed by atoms with Crippen molar-refractivity contribution in [1.29, 1.82) is 0 Å². The first-order valence-electron chi connectivity index (χ1n) is 5.06. The minimum atomic E-state index is -0.0472. The molecule has 1 fully saturated rings. The third-order valence-corrected chi connectivity index (χ3v) is 2.76. The zero-order valence-electron chi connectivity index (χ0n) is 8.51. The van der Waals surface area contributed by atoms with Crippen LogP contribution in [0.5, 0.6) is 0 Å². The van der Waals surface area contributed by atoms with E-state index in [0.29, 0.717) is 13.0 Å². The third kappa shape index (κ3) is 2.58. The summed E-state index contributed by atoms with van der Waals surface area (Å²) < 4.78 is 5.09. The summed E-state index contributed by atoms with van der Waals surface area (Å²) >= 11 is 0. The first-order valence-corrected chi connectivity index (χ1v) is 5.06. The third-order valence-electron chi connectivity index (χ3n) is 2.76. The molecule has 0 amide bonds. The van der Waals surface area contributed by atoms with E-state index in [9.17, 15) is 4.79 Å². The molecule has 74 valence electrons. The van der Waals surface area contributed by atoms with Crippen molar-refractivity contribution in [2.75, 3.05) is 6.61 Å². The lowest BCUT2D eigenvalue weighted by Crippen LogP contribution is -2.31. The number of allylic oxidation sites excluding steroid dienone is 1. The number of hydrogen-bond acceptors (Lipinski definition) is 2. The van der Waals surface area contributed by atoms with Crippen LogP contribution in [0, 0.1) is 5.41 Å². The first kappa shape index (κ1) is 10.3. The second kappa shape index (κ2) is 4.45. The van der Waals surface area contributed by atoms with Gasteiger partial charge in [0.25, 0.3) is 0 Å². The number of esters is 1. The highest BCUT2D eigenvalue weighted by atomic mass is 16.5. The van der Waals surface area contributed by atoms with Crippen molar-refractivity contribution in [1.82, 2.24) is 0 Å². The monoisotopic (exact) mass is 182 g/mol. The van der Waals surface area contributed by atoms with Crippen molar-refractivity contribution in [2.45, 2.75) is 39.5 Å². The van der Waals surface area contributed by atoms with Gasteiger partial charge in [0.2, 0.25) is 0 Å². The average molecular weight is 182 g/mol. The Hall–Kier alpha value is -0.790. The summed E-state index contributed by atoms with van der Waals surface area (Å²) in [6, 6.07) is 0. The highest BCUT2D eigenvalue weighted by Crippen LogP contribution is 2.34. The quantitative estimate of drug-likeness (QED) is 0.495. The Kier molecular flexibility index (Phi) is 3.52. The predicted molar refractivity (Wildman–Crippen MR) is 52.3 cm³/mol. The molecule has 1 saturated heterocycles. The van der Waals surface area contributed by atoms with Crippen LogP contribution in [0.1, 0.15) is 39.5 Å². The van der Waals surface area contributed by atoms with Gasteiger partial charge in [-0.1, -0.05) is 26.0 Å². The molecular weight excluding hydrogens is 164 g/mol. The Morgan fingerprint density at radius 2 is 2.31 bits per heavy atom. The van der Waals surface area contributed by atoms with Gasteiger partial charge in [-0.2, -0.15) is 0 Å². The molecule has 0 bridgehead atoms. The first-order chi connectivity index (χ1) is 6.22. The highest BCUT2D eigenvalue weighted by Gasteiger charge is 2.31. The number of rotatable bonds is 3. The molecule has 0 aromatic carbocycles. The maximum Gasteiger partial charge on any atom is 0.305 e. The van der Waals surface area contributed by atoms with Crippen molar-refractivity contribution in [3.05, 3.63) is 12.2 Å². The average Bonchev–Trinajstić information content (AvgIpc) is 2.18. The topological polar surface area (TPSA) is 26.3 Å². The van der Waals surface area contributed by atoms with E-state index in [2.05, 4.69) is 26.0 Å². The molecule has 0 spiro atoms. The number of hydrogen-bond donors (Lipinski definition) is 0. The van der Waals surface area contributed by atoms with Crippen LogP contribution in [0.15, 0.2) is 12.2 Å². The minimum Gasteiger partial charge on any atom is -0.465 e. The summed E-state index contributed by atoms with van der Waals surface area (Å²) in [5.41, 5.74) is 0.129. The number of carbonyl (C=O) groups excluding carboxylic acids is 1. The van der Waals surface area contributed by atoms with Crippen LogP contribution in [-0.2, 0) is 9.53 Å². The molecule has 0 radical (unpaired) electrons. The van der Waals surface area contributed by atoms with Crippen molar-refractivity contribution >= 4 is 5.97 Å². The normalized spacial score (nSPS) is 29.2. The van der Waals surface area contributed by atoms with Gasteiger partial charge in [0.15, 0.2) is 0 Å². The summed E-state index contributed by atoms with van der Waals surface area (Å²) in [4.78, 5) is 10.9. The predicted octanol–water partition coefficient (Wildman–Crippen LogP) is 2.69. The lowest BCUT2D eigenvalue weighted by molar-refractivity contribution is -0.152. The van der Waals surface area contributed by atoms with E-state index in [4.69, 9.17) is 4.74 Å². The van der Waals surface area contributed by atoms with Crippen LogP contribution < -0.4 is 0 Å². The fraction of sp³-hybridized carbons (Fsp3) is 0.727. The van der Waals surface area contributed by atoms with Crippen molar-refractivity contribution in [2.24, 2.45) is 5.41 Å². The Morgan fingerprint density at radius 3 is 2.77 bits per heavy atom. The van der Waals surface area contributed by atoms with Gasteiger partial charge in [-0.3, -0.25) is 4.79 Å². The summed E-state index contributed by atoms with van der Waals surface area (Å²) in [5, 5.41) is 0. The second-order valence-corrected chi connectivity index (χ2v) is 3.69. The molecule has 1 unspecified atom stereocenters. The molecule has 1 aliphatic rings. The lowest BCUT2D eigenvalue weighted by atomic mass is 9.79. The molecule has 2 heteroatoms. The van der Waals surface area contributed by atoms with E-state index in [-0.39, 0.29) is 11.4 Å². The van der Waals surface area contributed by atoms with Gasteiger partial charge >= 0.3 is 5.97 Å². The van der Waals surface area contributed by atoms with Gasteiger partial charge in [-0.25, -0.2) is 0 Å². The van der Waals surface area contributed by atoms with E-state index in [1.807, 2.05) is 0 Å². The van der Waals surface area contributed by atoms with Crippen LogP contribution >= 0.6 is 0 Å². The van der Waals surface area contributed by atoms with E-state index < -0.39 is 0 Å². The Labute approximate surface area is 80.0 Å². The zero-order chi connectivity index (χ0) is 9.73. The molecule has 0 aromatic rings. The number of carbonyl (C=O) groups is 1. The van der Waals surface area contributed by atoms with Gasteiger partial charge in [0.05, 0.1) is 0 Å². The molecule has 0 N–H and O–H groups in total. The van der Waals surface area contributed by atoms with Crippen LogP contribution in [0.4, 0.5) is 0 Å². The molecule has 13 heavy (non-hydrogen) atoms. The summed E-state index contributed by atoms with van der Waals surface area (Å²) in [6.07, 6.45) is 8.01. The standard InChI is InChI=1S/C11H18O2/c1-3-5-7-11(4-2)8-6-10(12)13-9-11/h5,7H,3-4,6,8-9H2,1-2H3/b7-5+. The van der Waals surface area contributed by atoms with Crippen LogP contribution in [0.25, 0.3) is 0 Å².